The van der Waals surface area contributed by atoms with Gasteiger partial charge in [-0.15, -0.1) is 0 Å². The van der Waals surface area contributed by atoms with E-state index < -0.39 is 0 Å². The Labute approximate surface area is 153 Å². The first-order valence-electron chi connectivity index (χ1n) is 9.23. The lowest BCUT2D eigenvalue weighted by molar-refractivity contribution is -0.125. The van der Waals surface area contributed by atoms with Crippen molar-refractivity contribution in [2.75, 3.05) is 33.2 Å². The third-order valence-electron chi connectivity index (χ3n) is 5.34. The van der Waals surface area contributed by atoms with E-state index >= 15 is 0 Å². The number of hydrogen-bond acceptors (Lipinski definition) is 4. The summed E-state index contributed by atoms with van der Waals surface area (Å²) < 4.78 is 1.97. The minimum absolute atomic E-state index is 0.0836. The third-order valence-corrected chi connectivity index (χ3v) is 5.34. The summed E-state index contributed by atoms with van der Waals surface area (Å²) >= 11 is 0. The molecule has 8 heteroatoms. The number of amides is 4. The van der Waals surface area contributed by atoms with E-state index in [4.69, 9.17) is 0 Å². The van der Waals surface area contributed by atoms with Gasteiger partial charge in [0.05, 0.1) is 12.6 Å². The largest absolute Gasteiger partial charge is 0.354 e. The topological polar surface area (TPSA) is 86.7 Å². The fraction of sp³-hybridized carbons (Fsp3) is 0.611. The lowest BCUT2D eigenvalue weighted by Crippen LogP contribution is -2.38. The molecule has 2 aliphatic rings. The molecule has 4 amide bonds. The summed E-state index contributed by atoms with van der Waals surface area (Å²) in [5, 5.41) is 5.23. The molecule has 2 aliphatic heterocycles. The van der Waals surface area contributed by atoms with E-state index in [9.17, 15) is 14.4 Å². The molecule has 3 rings (SSSR count). The quantitative estimate of drug-likeness (QED) is 0.736. The molecule has 0 radical (unpaired) electrons. The number of aromatic nitrogens is 1. The molecule has 1 atom stereocenters. The molecule has 8 nitrogen and oxygen atoms in total. The maximum atomic E-state index is 12.0. The van der Waals surface area contributed by atoms with Crippen LogP contribution in [0.15, 0.2) is 12.1 Å². The molecule has 1 aromatic heterocycles. The van der Waals surface area contributed by atoms with Gasteiger partial charge in [0, 0.05) is 32.9 Å². The van der Waals surface area contributed by atoms with Crippen molar-refractivity contribution in [2.24, 2.45) is 7.05 Å². The Bertz CT molecular complexity index is 683. The first-order chi connectivity index (χ1) is 12.5. The predicted molar refractivity (Wildman–Crippen MR) is 96.7 cm³/mol. The second-order valence-corrected chi connectivity index (χ2v) is 6.89. The van der Waals surface area contributed by atoms with Gasteiger partial charge in [-0.2, -0.15) is 0 Å². The van der Waals surface area contributed by atoms with Crippen LogP contribution in [0.25, 0.3) is 0 Å². The fourth-order valence-electron chi connectivity index (χ4n) is 3.92. The smallest absolute Gasteiger partial charge is 0.324 e. The van der Waals surface area contributed by atoms with E-state index in [2.05, 4.69) is 15.5 Å². The summed E-state index contributed by atoms with van der Waals surface area (Å²) in [4.78, 5) is 39.0. The summed E-state index contributed by atoms with van der Waals surface area (Å²) in [5.74, 6) is -0.234. The molecule has 1 aromatic rings. The van der Waals surface area contributed by atoms with Gasteiger partial charge in [0.2, 0.25) is 5.91 Å². The maximum absolute atomic E-state index is 12.0. The van der Waals surface area contributed by atoms with Crippen LogP contribution in [0, 0.1) is 0 Å². The van der Waals surface area contributed by atoms with Crippen LogP contribution >= 0.6 is 0 Å². The number of piperidine rings is 1. The molecule has 26 heavy (non-hydrogen) atoms. The van der Waals surface area contributed by atoms with Gasteiger partial charge < -0.3 is 15.2 Å². The van der Waals surface area contributed by atoms with E-state index in [1.54, 1.807) is 7.05 Å². The number of rotatable bonds is 6. The van der Waals surface area contributed by atoms with Crippen LogP contribution in [0.4, 0.5) is 4.79 Å². The number of nitrogens with zero attached hydrogens (tertiary/aromatic N) is 3. The standard InChI is InChI=1S/C18H27N5O3/c1-19-17(25)15-8-7-13(21(15)2)14-6-3-4-9-22(14)10-5-11-23-16(24)12-20-18(23)26/h7-8,14H,3-6,9-12H2,1-2H3,(H,19,25)(H,20,26)/t14-/m0/s1. The van der Waals surface area contributed by atoms with Gasteiger partial charge in [-0.25, -0.2) is 4.79 Å². The van der Waals surface area contributed by atoms with Crippen molar-refractivity contribution in [3.63, 3.8) is 0 Å². The maximum Gasteiger partial charge on any atom is 0.324 e. The van der Waals surface area contributed by atoms with Crippen LogP contribution in [-0.4, -0.2) is 65.4 Å². The molecule has 0 unspecified atom stereocenters. The Morgan fingerprint density at radius 3 is 2.77 bits per heavy atom. The summed E-state index contributed by atoms with van der Waals surface area (Å²) in [5.41, 5.74) is 1.80. The number of hydrogen-bond donors (Lipinski definition) is 2. The average Bonchev–Trinajstić information content (AvgIpc) is 3.18. The van der Waals surface area contributed by atoms with Gasteiger partial charge in [0.15, 0.2) is 0 Å². The van der Waals surface area contributed by atoms with Crippen LogP contribution in [0.5, 0.6) is 0 Å². The molecule has 142 valence electrons. The minimum Gasteiger partial charge on any atom is -0.354 e. The van der Waals surface area contributed by atoms with Crippen LogP contribution in [-0.2, 0) is 11.8 Å². The molecular formula is C18H27N5O3. The van der Waals surface area contributed by atoms with Gasteiger partial charge in [0.1, 0.15) is 5.69 Å². The molecule has 2 fully saturated rings. The molecule has 0 aromatic carbocycles. The highest BCUT2D eigenvalue weighted by atomic mass is 16.2. The van der Waals surface area contributed by atoms with Gasteiger partial charge in [-0.1, -0.05) is 6.42 Å². The van der Waals surface area contributed by atoms with Crippen molar-refractivity contribution in [2.45, 2.75) is 31.7 Å². The second-order valence-electron chi connectivity index (χ2n) is 6.89. The van der Waals surface area contributed by atoms with Crippen LogP contribution in [0.3, 0.4) is 0 Å². The van der Waals surface area contributed by atoms with Gasteiger partial charge in [-0.3, -0.25) is 19.4 Å². The molecular weight excluding hydrogens is 334 g/mol. The molecule has 0 bridgehead atoms. The number of carbonyl (C=O) groups is 3. The molecule has 0 spiro atoms. The van der Waals surface area contributed by atoms with Crippen molar-refractivity contribution in [1.29, 1.82) is 0 Å². The normalized spacial score (nSPS) is 21.2. The van der Waals surface area contributed by atoms with Crippen molar-refractivity contribution in [1.82, 2.24) is 25.0 Å². The monoisotopic (exact) mass is 361 g/mol. The number of likely N-dealkylation sites (tertiary alicyclic amines) is 1. The van der Waals surface area contributed by atoms with Gasteiger partial charge in [-0.05, 0) is 37.9 Å². The van der Waals surface area contributed by atoms with E-state index in [1.807, 2.05) is 23.7 Å². The van der Waals surface area contributed by atoms with Crippen molar-refractivity contribution in [3.8, 4) is 0 Å². The van der Waals surface area contributed by atoms with Crippen LogP contribution < -0.4 is 10.6 Å². The van der Waals surface area contributed by atoms with E-state index in [-0.39, 0.29) is 30.4 Å². The summed E-state index contributed by atoms with van der Waals surface area (Å²) in [6, 6.07) is 3.87. The van der Waals surface area contributed by atoms with Crippen LogP contribution in [0.1, 0.15) is 47.9 Å². The Balaban J connectivity index is 1.65. The van der Waals surface area contributed by atoms with E-state index in [1.165, 1.54) is 4.90 Å². The Hall–Kier alpha value is -2.35. The van der Waals surface area contributed by atoms with Gasteiger partial charge in [0.25, 0.3) is 5.91 Å². The van der Waals surface area contributed by atoms with Crippen molar-refractivity contribution < 1.29 is 14.4 Å². The fourth-order valence-corrected chi connectivity index (χ4v) is 3.92. The highest BCUT2D eigenvalue weighted by Crippen LogP contribution is 2.31. The second kappa shape index (κ2) is 7.90. The number of carbonyl (C=O) groups excluding carboxylic acids is 3. The predicted octanol–water partition coefficient (Wildman–Crippen LogP) is 0.854. The highest BCUT2D eigenvalue weighted by Gasteiger charge is 2.30. The lowest BCUT2D eigenvalue weighted by Gasteiger charge is -2.36. The van der Waals surface area contributed by atoms with E-state index in [0.29, 0.717) is 12.2 Å². The SMILES string of the molecule is CNC(=O)c1ccc([C@@H]2CCCCN2CCCN2C(=O)CNC2=O)n1C. The molecule has 0 aliphatic carbocycles. The Morgan fingerprint density at radius 1 is 1.27 bits per heavy atom. The zero-order valence-corrected chi connectivity index (χ0v) is 15.5. The van der Waals surface area contributed by atoms with Crippen molar-refractivity contribution in [3.05, 3.63) is 23.5 Å². The molecule has 2 N–H and O–H groups in total. The lowest BCUT2D eigenvalue weighted by atomic mass is 9.99. The zero-order chi connectivity index (χ0) is 18.7. The Kier molecular flexibility index (Phi) is 5.61. The molecule has 0 saturated carbocycles. The number of urea groups is 1. The zero-order valence-electron chi connectivity index (χ0n) is 15.5. The summed E-state index contributed by atoms with van der Waals surface area (Å²) in [6.45, 7) is 2.37. The highest BCUT2D eigenvalue weighted by molar-refractivity contribution is 6.01. The summed E-state index contributed by atoms with van der Waals surface area (Å²) in [7, 11) is 3.57. The summed E-state index contributed by atoms with van der Waals surface area (Å²) in [6.07, 6.45) is 4.11. The third kappa shape index (κ3) is 3.60. The minimum atomic E-state index is -0.289. The van der Waals surface area contributed by atoms with Gasteiger partial charge >= 0.3 is 6.03 Å². The van der Waals surface area contributed by atoms with Crippen LogP contribution in [0.2, 0.25) is 0 Å². The molecule has 3 heterocycles. The average molecular weight is 361 g/mol. The Morgan fingerprint density at radius 2 is 2.08 bits per heavy atom. The van der Waals surface area contributed by atoms with Crippen molar-refractivity contribution >= 4 is 17.8 Å². The number of imide groups is 1. The number of nitrogens with one attached hydrogen (secondary N) is 2. The van der Waals surface area contributed by atoms with E-state index in [0.717, 1.165) is 44.5 Å². The molecule has 2 saturated heterocycles. The first kappa shape index (κ1) is 18.4. The first-order valence-corrected chi connectivity index (χ1v) is 9.23.